The highest BCUT2D eigenvalue weighted by Gasteiger charge is 2.21. The lowest BCUT2D eigenvalue weighted by Crippen LogP contribution is -2.30. The molecular weight excluding hydrogens is 248 g/mol. The SMILES string of the molecule is C=Cc1ccccc1C(=O)O[SiH](OCC)OCC. The van der Waals surface area contributed by atoms with Crippen LogP contribution in [0.4, 0.5) is 0 Å². The Morgan fingerprint density at radius 1 is 1.28 bits per heavy atom. The second kappa shape index (κ2) is 7.81. The summed E-state index contributed by atoms with van der Waals surface area (Å²) >= 11 is 0. The lowest BCUT2D eigenvalue weighted by Gasteiger charge is -2.15. The Morgan fingerprint density at radius 3 is 2.44 bits per heavy atom. The fourth-order valence-electron chi connectivity index (χ4n) is 1.40. The van der Waals surface area contributed by atoms with E-state index >= 15 is 0 Å². The predicted molar refractivity (Wildman–Crippen MR) is 72.3 cm³/mol. The summed E-state index contributed by atoms with van der Waals surface area (Å²) in [6.07, 6.45) is 1.62. The minimum Gasteiger partial charge on any atom is -0.472 e. The molecule has 0 fully saturated rings. The van der Waals surface area contributed by atoms with Gasteiger partial charge in [0.1, 0.15) is 0 Å². The molecule has 0 aliphatic carbocycles. The summed E-state index contributed by atoms with van der Waals surface area (Å²) in [5.41, 5.74) is 1.22. The van der Waals surface area contributed by atoms with Gasteiger partial charge in [0.15, 0.2) is 0 Å². The van der Waals surface area contributed by atoms with Crippen LogP contribution in [0.2, 0.25) is 0 Å². The van der Waals surface area contributed by atoms with Crippen LogP contribution < -0.4 is 0 Å². The topological polar surface area (TPSA) is 44.8 Å². The van der Waals surface area contributed by atoms with Gasteiger partial charge in [0.25, 0.3) is 0 Å². The van der Waals surface area contributed by atoms with E-state index in [-0.39, 0.29) is 0 Å². The maximum atomic E-state index is 12.0. The van der Waals surface area contributed by atoms with Gasteiger partial charge in [0.2, 0.25) is 0 Å². The van der Waals surface area contributed by atoms with E-state index in [2.05, 4.69) is 6.58 Å². The summed E-state index contributed by atoms with van der Waals surface area (Å²) in [5.74, 6) is -0.427. The van der Waals surface area contributed by atoms with Gasteiger partial charge in [0.05, 0.1) is 5.56 Å². The quantitative estimate of drug-likeness (QED) is 0.710. The molecule has 1 rings (SSSR count). The van der Waals surface area contributed by atoms with E-state index < -0.39 is 15.5 Å². The van der Waals surface area contributed by atoms with Gasteiger partial charge < -0.3 is 13.3 Å². The van der Waals surface area contributed by atoms with Crippen molar-refractivity contribution in [1.82, 2.24) is 0 Å². The van der Waals surface area contributed by atoms with E-state index in [0.29, 0.717) is 18.8 Å². The second-order valence-corrected chi connectivity index (χ2v) is 4.88. The Bertz CT molecular complexity index is 400. The van der Waals surface area contributed by atoms with Crippen LogP contribution in [0.3, 0.4) is 0 Å². The first-order valence-electron chi connectivity index (χ1n) is 5.88. The molecule has 0 saturated heterocycles. The minimum atomic E-state index is -2.38. The molecule has 18 heavy (non-hydrogen) atoms. The zero-order valence-corrected chi connectivity index (χ0v) is 11.9. The summed E-state index contributed by atoms with van der Waals surface area (Å²) in [7, 11) is -2.38. The predicted octanol–water partition coefficient (Wildman–Crippen LogP) is 2.28. The van der Waals surface area contributed by atoms with Gasteiger partial charge >= 0.3 is 15.5 Å². The van der Waals surface area contributed by atoms with E-state index in [1.165, 1.54) is 0 Å². The lowest BCUT2D eigenvalue weighted by molar-refractivity contribution is 0.0544. The third kappa shape index (κ3) is 4.10. The van der Waals surface area contributed by atoms with Gasteiger partial charge in [-0.1, -0.05) is 30.9 Å². The van der Waals surface area contributed by atoms with Crippen molar-refractivity contribution in [3.05, 3.63) is 42.0 Å². The largest absolute Gasteiger partial charge is 0.551 e. The molecule has 0 heterocycles. The molecule has 0 unspecified atom stereocenters. The van der Waals surface area contributed by atoms with Gasteiger partial charge in [-0.3, -0.25) is 0 Å². The Morgan fingerprint density at radius 2 is 1.89 bits per heavy atom. The molecule has 0 spiro atoms. The monoisotopic (exact) mass is 266 g/mol. The van der Waals surface area contributed by atoms with Crippen LogP contribution in [0.15, 0.2) is 30.8 Å². The second-order valence-electron chi connectivity index (χ2n) is 3.40. The Labute approximate surface area is 109 Å². The molecular formula is C13H18O4Si. The number of carbonyl (C=O) groups is 1. The van der Waals surface area contributed by atoms with Crippen LogP contribution in [0.1, 0.15) is 29.8 Å². The van der Waals surface area contributed by atoms with Crippen molar-refractivity contribution < 1.29 is 18.1 Å². The average molecular weight is 266 g/mol. The maximum Gasteiger partial charge on any atom is 0.551 e. The van der Waals surface area contributed by atoms with E-state index in [1.807, 2.05) is 26.0 Å². The third-order valence-corrected chi connectivity index (χ3v) is 3.83. The van der Waals surface area contributed by atoms with Crippen molar-refractivity contribution in [1.29, 1.82) is 0 Å². The standard InChI is InChI=1S/C13H18O4Si/c1-4-11-9-7-8-10-12(11)13(14)17-18(15-5-2)16-6-3/h4,7-10,18H,1,5-6H2,2-3H3. The average Bonchev–Trinajstić information content (AvgIpc) is 2.39. The van der Waals surface area contributed by atoms with Gasteiger partial charge in [-0.15, -0.1) is 0 Å². The van der Waals surface area contributed by atoms with Crippen molar-refractivity contribution in [2.45, 2.75) is 13.8 Å². The molecule has 0 atom stereocenters. The van der Waals surface area contributed by atoms with Gasteiger partial charge in [-0.05, 0) is 25.5 Å². The molecule has 0 aromatic heterocycles. The first-order valence-corrected chi connectivity index (χ1v) is 7.30. The van der Waals surface area contributed by atoms with Crippen LogP contribution in [-0.2, 0) is 13.3 Å². The van der Waals surface area contributed by atoms with Crippen LogP contribution >= 0.6 is 0 Å². The van der Waals surface area contributed by atoms with E-state index in [4.69, 9.17) is 13.3 Å². The van der Waals surface area contributed by atoms with E-state index in [1.54, 1.807) is 18.2 Å². The minimum absolute atomic E-state index is 0.427. The van der Waals surface area contributed by atoms with E-state index in [0.717, 1.165) is 5.56 Å². The smallest absolute Gasteiger partial charge is 0.472 e. The summed E-state index contributed by atoms with van der Waals surface area (Å²) in [4.78, 5) is 12.0. The Hall–Kier alpha value is -1.43. The normalized spacial score (nSPS) is 10.4. The number of carbonyl (C=O) groups excluding carboxylic acids is 1. The molecule has 4 nitrogen and oxygen atoms in total. The number of hydrogen-bond acceptors (Lipinski definition) is 4. The Balaban J connectivity index is 2.76. The van der Waals surface area contributed by atoms with Gasteiger partial charge in [-0.2, -0.15) is 0 Å². The molecule has 5 heteroatoms. The van der Waals surface area contributed by atoms with Crippen molar-refractivity contribution in [2.75, 3.05) is 13.2 Å². The van der Waals surface area contributed by atoms with Crippen molar-refractivity contribution in [3.8, 4) is 0 Å². The van der Waals surface area contributed by atoms with Crippen molar-refractivity contribution in [3.63, 3.8) is 0 Å². The zero-order valence-electron chi connectivity index (χ0n) is 10.7. The lowest BCUT2D eigenvalue weighted by atomic mass is 10.1. The first-order chi connectivity index (χ1) is 8.72. The van der Waals surface area contributed by atoms with E-state index in [9.17, 15) is 4.79 Å². The van der Waals surface area contributed by atoms with Crippen LogP contribution in [0.25, 0.3) is 6.08 Å². The van der Waals surface area contributed by atoms with Crippen LogP contribution in [0.5, 0.6) is 0 Å². The first kappa shape index (κ1) is 14.6. The summed E-state index contributed by atoms with van der Waals surface area (Å²) in [6.45, 7) is 8.27. The highest BCUT2D eigenvalue weighted by atomic mass is 28.3. The number of benzene rings is 1. The van der Waals surface area contributed by atoms with Gasteiger partial charge in [-0.25, -0.2) is 4.79 Å². The number of hydrogen-bond donors (Lipinski definition) is 0. The fraction of sp³-hybridized carbons (Fsp3) is 0.308. The molecule has 0 saturated carbocycles. The Kier molecular flexibility index (Phi) is 6.35. The highest BCUT2D eigenvalue weighted by molar-refractivity contribution is 6.40. The molecule has 0 amide bonds. The van der Waals surface area contributed by atoms with Crippen LogP contribution in [0, 0.1) is 0 Å². The molecule has 98 valence electrons. The molecule has 1 aromatic rings. The number of rotatable bonds is 7. The molecule has 0 radical (unpaired) electrons. The third-order valence-electron chi connectivity index (χ3n) is 2.21. The van der Waals surface area contributed by atoms with Crippen LogP contribution in [-0.4, -0.2) is 28.7 Å². The molecule has 0 bridgehead atoms. The maximum absolute atomic E-state index is 12.0. The fourth-order valence-corrected chi connectivity index (χ4v) is 2.48. The molecule has 0 aliphatic heterocycles. The zero-order chi connectivity index (χ0) is 13.4. The van der Waals surface area contributed by atoms with Gasteiger partial charge in [0, 0.05) is 13.2 Å². The molecule has 1 aromatic carbocycles. The molecule has 0 N–H and O–H groups in total. The summed E-state index contributed by atoms with van der Waals surface area (Å²) in [6, 6.07) is 7.12. The molecule has 0 aliphatic rings. The highest BCUT2D eigenvalue weighted by Crippen LogP contribution is 2.12. The summed E-state index contributed by atoms with van der Waals surface area (Å²) < 4.78 is 15.9. The van der Waals surface area contributed by atoms with Crippen molar-refractivity contribution >= 4 is 21.6 Å². The van der Waals surface area contributed by atoms with Crippen molar-refractivity contribution in [2.24, 2.45) is 0 Å². The summed E-state index contributed by atoms with van der Waals surface area (Å²) in [5, 5.41) is 0.